The molecule has 21 heavy (non-hydrogen) atoms. The van der Waals surface area contributed by atoms with E-state index in [-0.39, 0.29) is 5.60 Å². The van der Waals surface area contributed by atoms with Crippen LogP contribution in [0.2, 0.25) is 0 Å². The molecule has 0 atom stereocenters. The highest BCUT2D eigenvalue weighted by Crippen LogP contribution is 2.44. The van der Waals surface area contributed by atoms with Crippen molar-refractivity contribution in [3.05, 3.63) is 15.6 Å². The monoisotopic (exact) mass is 308 g/mol. The summed E-state index contributed by atoms with van der Waals surface area (Å²) in [6.45, 7) is 6.14. The van der Waals surface area contributed by atoms with Crippen LogP contribution in [0.5, 0.6) is 0 Å². The molecule has 4 heteroatoms. The van der Waals surface area contributed by atoms with E-state index in [2.05, 4.69) is 19.2 Å². The van der Waals surface area contributed by atoms with Crippen molar-refractivity contribution < 1.29 is 4.74 Å². The number of ether oxygens (including phenoxy) is 1. The molecule has 0 aromatic carbocycles. The first kappa shape index (κ1) is 15.4. The fourth-order valence-corrected chi connectivity index (χ4v) is 4.57. The molecule has 0 spiro atoms. The van der Waals surface area contributed by atoms with Crippen LogP contribution in [0.1, 0.15) is 74.4 Å². The maximum absolute atomic E-state index is 6.19. The maximum atomic E-state index is 6.19. The molecule has 0 aliphatic heterocycles. The molecule has 3 nitrogen and oxygen atoms in total. The Morgan fingerprint density at radius 2 is 2.05 bits per heavy atom. The zero-order chi connectivity index (χ0) is 14.7. The predicted molar refractivity (Wildman–Crippen MR) is 87.7 cm³/mol. The lowest BCUT2D eigenvalue weighted by atomic mass is 10.0. The van der Waals surface area contributed by atoms with Gasteiger partial charge < -0.3 is 10.1 Å². The summed E-state index contributed by atoms with van der Waals surface area (Å²) >= 11 is 1.91. The first-order valence-electron chi connectivity index (χ1n) is 8.64. The van der Waals surface area contributed by atoms with Gasteiger partial charge in [0.25, 0.3) is 0 Å². The third-order valence-corrected chi connectivity index (χ3v) is 5.90. The van der Waals surface area contributed by atoms with Crippen molar-refractivity contribution in [3.63, 3.8) is 0 Å². The van der Waals surface area contributed by atoms with E-state index in [9.17, 15) is 0 Å². The van der Waals surface area contributed by atoms with Crippen LogP contribution in [-0.4, -0.2) is 17.6 Å². The fourth-order valence-electron chi connectivity index (χ4n) is 3.32. The summed E-state index contributed by atoms with van der Waals surface area (Å²) in [5.41, 5.74) is 1.25. The fraction of sp³-hybridized carbons (Fsp3) is 0.824. The topological polar surface area (TPSA) is 34.1 Å². The van der Waals surface area contributed by atoms with Crippen molar-refractivity contribution in [1.82, 2.24) is 10.3 Å². The lowest BCUT2D eigenvalue weighted by Gasteiger charge is -2.26. The number of thiazole rings is 1. The van der Waals surface area contributed by atoms with E-state index in [1.54, 1.807) is 0 Å². The van der Waals surface area contributed by atoms with Gasteiger partial charge in [0.15, 0.2) is 0 Å². The molecule has 1 aromatic heterocycles. The summed E-state index contributed by atoms with van der Waals surface area (Å²) in [5.74, 6) is 0. The van der Waals surface area contributed by atoms with E-state index in [1.807, 2.05) is 11.3 Å². The molecule has 118 valence electrons. The summed E-state index contributed by atoms with van der Waals surface area (Å²) in [6.07, 6.45) is 9.80. The van der Waals surface area contributed by atoms with E-state index in [0.717, 1.165) is 38.5 Å². The third-order valence-electron chi connectivity index (χ3n) is 4.62. The molecule has 2 aliphatic carbocycles. The van der Waals surface area contributed by atoms with Crippen molar-refractivity contribution in [1.29, 1.82) is 0 Å². The van der Waals surface area contributed by atoms with Gasteiger partial charge in [-0.2, -0.15) is 0 Å². The number of nitrogens with zero attached hydrogens (tertiary/aromatic N) is 1. The van der Waals surface area contributed by atoms with E-state index in [1.165, 1.54) is 47.7 Å². The molecule has 2 aliphatic rings. The summed E-state index contributed by atoms with van der Waals surface area (Å²) in [6, 6.07) is 0.761. The number of aryl methyl sites for hydroxylation is 1. The maximum Gasteiger partial charge on any atom is 0.125 e. The van der Waals surface area contributed by atoms with Gasteiger partial charge in [-0.15, -0.1) is 11.3 Å². The molecule has 1 heterocycles. The molecule has 0 unspecified atom stereocenters. The second-order valence-corrected chi connectivity index (χ2v) is 7.51. The van der Waals surface area contributed by atoms with Gasteiger partial charge in [0.2, 0.25) is 0 Å². The van der Waals surface area contributed by atoms with Gasteiger partial charge >= 0.3 is 0 Å². The summed E-state index contributed by atoms with van der Waals surface area (Å²) in [7, 11) is 0. The van der Waals surface area contributed by atoms with Crippen LogP contribution in [0.4, 0.5) is 0 Å². The third kappa shape index (κ3) is 3.49. The largest absolute Gasteiger partial charge is 0.368 e. The molecule has 0 saturated heterocycles. The highest BCUT2D eigenvalue weighted by atomic mass is 32.1. The van der Waals surface area contributed by atoms with Gasteiger partial charge in [-0.1, -0.05) is 26.2 Å². The van der Waals surface area contributed by atoms with Crippen LogP contribution >= 0.6 is 11.3 Å². The summed E-state index contributed by atoms with van der Waals surface area (Å²) in [4.78, 5) is 6.47. The molecular weight excluding hydrogens is 280 g/mol. The Bertz CT molecular complexity index is 461. The highest BCUT2D eigenvalue weighted by Gasteiger charge is 2.39. The summed E-state index contributed by atoms with van der Waals surface area (Å²) < 4.78 is 6.19. The quantitative estimate of drug-likeness (QED) is 0.783. The Balaban J connectivity index is 1.81. The van der Waals surface area contributed by atoms with Gasteiger partial charge in [-0.05, 0) is 39.0 Å². The SMILES string of the molecule is CCCc1nc(C2(OCC)CCCC2)sc1CNC1CC1. The Hall–Kier alpha value is -0.450. The Kier molecular flexibility index (Phi) is 4.97. The molecule has 1 aromatic rings. The average Bonchev–Trinajstić information content (AvgIpc) is 3.03. The normalized spacial score (nSPS) is 21.0. The highest BCUT2D eigenvalue weighted by molar-refractivity contribution is 7.11. The minimum Gasteiger partial charge on any atom is -0.368 e. The van der Waals surface area contributed by atoms with Crippen molar-refractivity contribution in [2.75, 3.05) is 6.61 Å². The Labute approximate surface area is 132 Å². The van der Waals surface area contributed by atoms with Gasteiger partial charge in [0, 0.05) is 24.1 Å². The smallest absolute Gasteiger partial charge is 0.125 e. The standard InChI is InChI=1S/C17H28N2OS/c1-3-7-14-15(12-18-13-8-9-13)21-16(19-14)17(20-4-2)10-5-6-11-17/h13,18H,3-12H2,1-2H3. The van der Waals surface area contributed by atoms with Gasteiger partial charge in [-0.25, -0.2) is 4.98 Å². The van der Waals surface area contributed by atoms with E-state index >= 15 is 0 Å². The van der Waals surface area contributed by atoms with Gasteiger partial charge in [0.1, 0.15) is 10.6 Å². The molecule has 2 saturated carbocycles. The van der Waals surface area contributed by atoms with Crippen LogP contribution in [0, 0.1) is 0 Å². The number of hydrogen-bond donors (Lipinski definition) is 1. The van der Waals surface area contributed by atoms with Gasteiger partial charge in [-0.3, -0.25) is 0 Å². The molecule has 0 radical (unpaired) electrons. The van der Waals surface area contributed by atoms with Crippen molar-refractivity contribution >= 4 is 11.3 Å². The number of rotatable bonds is 8. The molecule has 3 rings (SSSR count). The minimum absolute atomic E-state index is 0.0697. The second-order valence-electron chi connectivity index (χ2n) is 6.43. The van der Waals surface area contributed by atoms with Crippen LogP contribution in [0.25, 0.3) is 0 Å². The van der Waals surface area contributed by atoms with E-state index < -0.39 is 0 Å². The van der Waals surface area contributed by atoms with Crippen molar-refractivity contribution in [2.45, 2.75) is 83.4 Å². The first-order valence-corrected chi connectivity index (χ1v) is 9.45. The van der Waals surface area contributed by atoms with Crippen molar-refractivity contribution in [2.24, 2.45) is 0 Å². The predicted octanol–water partition coefficient (Wildman–Crippen LogP) is 4.15. The zero-order valence-corrected chi connectivity index (χ0v) is 14.2. The molecular formula is C17H28N2OS. The van der Waals surface area contributed by atoms with Crippen LogP contribution < -0.4 is 5.32 Å². The molecule has 0 amide bonds. The van der Waals surface area contributed by atoms with Crippen molar-refractivity contribution in [3.8, 4) is 0 Å². The lowest BCUT2D eigenvalue weighted by molar-refractivity contribution is -0.0392. The molecule has 0 bridgehead atoms. The molecule has 1 N–H and O–H groups in total. The van der Waals surface area contributed by atoms with E-state index in [0.29, 0.717) is 0 Å². The minimum atomic E-state index is -0.0697. The second kappa shape index (κ2) is 6.76. The first-order chi connectivity index (χ1) is 10.3. The Morgan fingerprint density at radius 1 is 1.29 bits per heavy atom. The van der Waals surface area contributed by atoms with E-state index in [4.69, 9.17) is 9.72 Å². The molecule has 2 fully saturated rings. The lowest BCUT2D eigenvalue weighted by Crippen LogP contribution is -2.26. The zero-order valence-electron chi connectivity index (χ0n) is 13.4. The Morgan fingerprint density at radius 3 is 2.67 bits per heavy atom. The van der Waals surface area contributed by atoms with Crippen LogP contribution in [0.3, 0.4) is 0 Å². The summed E-state index contributed by atoms with van der Waals surface area (Å²) in [5, 5.41) is 4.90. The van der Waals surface area contributed by atoms with Gasteiger partial charge in [0.05, 0.1) is 5.69 Å². The number of hydrogen-bond acceptors (Lipinski definition) is 4. The van der Waals surface area contributed by atoms with Crippen LogP contribution in [-0.2, 0) is 23.3 Å². The number of aromatic nitrogens is 1. The average molecular weight is 308 g/mol. The van der Waals surface area contributed by atoms with Crippen LogP contribution in [0.15, 0.2) is 0 Å². The number of nitrogens with one attached hydrogen (secondary N) is 1.